The van der Waals surface area contributed by atoms with E-state index < -0.39 is 29.6 Å². The molecule has 0 aliphatic carbocycles. The Morgan fingerprint density at radius 1 is 1.38 bits per heavy atom. The van der Waals surface area contributed by atoms with Crippen LogP contribution >= 0.6 is 0 Å². The number of nitrogens with zero attached hydrogens (tertiary/aromatic N) is 1. The summed E-state index contributed by atoms with van der Waals surface area (Å²) in [5.74, 6) is -2.64. The molecule has 0 aromatic heterocycles. The summed E-state index contributed by atoms with van der Waals surface area (Å²) in [4.78, 5) is 35.7. The number of carboxylic acid groups (broad SMARTS) is 1. The Morgan fingerprint density at radius 2 is 2.10 bits per heavy atom. The van der Waals surface area contributed by atoms with E-state index in [1.165, 1.54) is 24.0 Å². The monoisotopic (exact) mass is 294 g/mol. The van der Waals surface area contributed by atoms with E-state index in [4.69, 9.17) is 5.11 Å². The molecule has 0 unspecified atom stereocenters. The van der Waals surface area contributed by atoms with Crippen LogP contribution in [0.2, 0.25) is 0 Å². The van der Waals surface area contributed by atoms with Crippen LogP contribution < -0.4 is 5.32 Å². The summed E-state index contributed by atoms with van der Waals surface area (Å²) < 4.78 is 13.5. The molecule has 112 valence electrons. The molecule has 21 heavy (non-hydrogen) atoms. The standard InChI is InChI=1S/C14H15FN2O4/c1-8(18)16-11-7-9(4-5-10(11)15)13(19)17-6-2-3-12(17)14(20)21/h4-5,7,12H,2-3,6H2,1H3,(H,16,18)(H,20,21)/t12-/m0/s1. The predicted octanol–water partition coefficient (Wildman–Crippen LogP) is 1.47. The van der Waals surface area contributed by atoms with Gasteiger partial charge in [0.25, 0.3) is 5.91 Å². The maximum atomic E-state index is 13.5. The highest BCUT2D eigenvalue weighted by molar-refractivity contribution is 5.98. The number of amides is 2. The number of carbonyl (C=O) groups excluding carboxylic acids is 2. The largest absolute Gasteiger partial charge is 0.480 e. The van der Waals surface area contributed by atoms with Crippen LogP contribution in [0, 0.1) is 5.82 Å². The van der Waals surface area contributed by atoms with Crippen LogP contribution in [0.25, 0.3) is 0 Å². The summed E-state index contributed by atoms with van der Waals surface area (Å²) in [6, 6.07) is 2.72. The Balaban J connectivity index is 2.27. The molecule has 1 aliphatic heterocycles. The first-order valence-electron chi connectivity index (χ1n) is 6.51. The van der Waals surface area contributed by atoms with Crippen molar-refractivity contribution in [1.82, 2.24) is 4.90 Å². The van der Waals surface area contributed by atoms with Gasteiger partial charge < -0.3 is 15.3 Å². The zero-order valence-electron chi connectivity index (χ0n) is 11.4. The second-order valence-corrected chi connectivity index (χ2v) is 4.87. The lowest BCUT2D eigenvalue weighted by atomic mass is 10.1. The predicted molar refractivity (Wildman–Crippen MR) is 72.4 cm³/mol. The fourth-order valence-electron chi connectivity index (χ4n) is 2.38. The number of anilines is 1. The number of hydrogen-bond acceptors (Lipinski definition) is 3. The van der Waals surface area contributed by atoms with Gasteiger partial charge in [-0.2, -0.15) is 0 Å². The minimum Gasteiger partial charge on any atom is -0.480 e. The van der Waals surface area contributed by atoms with E-state index in [-0.39, 0.29) is 11.3 Å². The lowest BCUT2D eigenvalue weighted by Crippen LogP contribution is -2.40. The van der Waals surface area contributed by atoms with Gasteiger partial charge >= 0.3 is 5.97 Å². The number of carboxylic acids is 1. The summed E-state index contributed by atoms with van der Waals surface area (Å²) in [5.41, 5.74) is 0.0488. The van der Waals surface area contributed by atoms with Crippen molar-refractivity contribution in [2.75, 3.05) is 11.9 Å². The number of likely N-dealkylation sites (tertiary alicyclic amines) is 1. The van der Waals surface area contributed by atoms with Gasteiger partial charge in [-0.15, -0.1) is 0 Å². The molecule has 1 aromatic carbocycles. The molecule has 1 atom stereocenters. The zero-order valence-corrected chi connectivity index (χ0v) is 11.4. The van der Waals surface area contributed by atoms with Gasteiger partial charge in [0, 0.05) is 19.0 Å². The SMILES string of the molecule is CC(=O)Nc1cc(C(=O)N2CCC[C@H]2C(=O)O)ccc1F. The minimum atomic E-state index is -1.05. The Kier molecular flexibility index (Phi) is 4.21. The minimum absolute atomic E-state index is 0.0978. The summed E-state index contributed by atoms with van der Waals surface area (Å²) in [6.45, 7) is 1.58. The van der Waals surface area contributed by atoms with Crippen LogP contribution in [0.5, 0.6) is 0 Å². The summed E-state index contributed by atoms with van der Waals surface area (Å²) in [5, 5.41) is 11.4. The van der Waals surface area contributed by atoms with E-state index in [0.717, 1.165) is 6.07 Å². The van der Waals surface area contributed by atoms with Crippen molar-refractivity contribution in [3.05, 3.63) is 29.6 Å². The Bertz CT molecular complexity index is 603. The molecule has 0 radical (unpaired) electrons. The Hall–Kier alpha value is -2.44. The van der Waals surface area contributed by atoms with Crippen molar-refractivity contribution >= 4 is 23.5 Å². The van der Waals surface area contributed by atoms with Crippen molar-refractivity contribution in [1.29, 1.82) is 0 Å². The first-order chi connectivity index (χ1) is 9.90. The first kappa shape index (κ1) is 15.0. The Labute approximate surface area is 120 Å². The lowest BCUT2D eigenvalue weighted by molar-refractivity contribution is -0.141. The average Bonchev–Trinajstić information content (AvgIpc) is 2.89. The summed E-state index contributed by atoms with van der Waals surface area (Å²) in [6.07, 6.45) is 1.02. The molecule has 1 aliphatic rings. The second-order valence-electron chi connectivity index (χ2n) is 4.87. The molecular formula is C14H15FN2O4. The molecule has 2 rings (SSSR count). The molecule has 2 N–H and O–H groups in total. The zero-order chi connectivity index (χ0) is 15.6. The van der Waals surface area contributed by atoms with Crippen LogP contribution in [-0.2, 0) is 9.59 Å². The van der Waals surface area contributed by atoms with Gasteiger partial charge in [-0.3, -0.25) is 9.59 Å². The van der Waals surface area contributed by atoms with E-state index in [2.05, 4.69) is 5.32 Å². The molecule has 7 heteroatoms. The number of rotatable bonds is 3. The topological polar surface area (TPSA) is 86.7 Å². The molecule has 1 aromatic rings. The third kappa shape index (κ3) is 3.18. The molecule has 0 saturated carbocycles. The maximum absolute atomic E-state index is 13.5. The van der Waals surface area contributed by atoms with E-state index in [1.807, 2.05) is 0 Å². The van der Waals surface area contributed by atoms with Gasteiger partial charge in [-0.1, -0.05) is 0 Å². The number of halogens is 1. The van der Waals surface area contributed by atoms with Gasteiger partial charge in [-0.05, 0) is 31.0 Å². The molecule has 6 nitrogen and oxygen atoms in total. The second kappa shape index (κ2) is 5.90. The highest BCUT2D eigenvalue weighted by Gasteiger charge is 2.34. The summed E-state index contributed by atoms with van der Waals surface area (Å²) in [7, 11) is 0. The molecule has 1 fully saturated rings. The fraction of sp³-hybridized carbons (Fsp3) is 0.357. The summed E-state index contributed by atoms with van der Waals surface area (Å²) >= 11 is 0. The highest BCUT2D eigenvalue weighted by Crippen LogP contribution is 2.23. The van der Waals surface area contributed by atoms with Crippen molar-refractivity contribution in [3.63, 3.8) is 0 Å². The van der Waals surface area contributed by atoms with E-state index in [1.54, 1.807) is 0 Å². The van der Waals surface area contributed by atoms with Gasteiger partial charge in [0.15, 0.2) is 0 Å². The first-order valence-corrected chi connectivity index (χ1v) is 6.51. The van der Waals surface area contributed by atoms with E-state index in [9.17, 15) is 18.8 Å². The Morgan fingerprint density at radius 3 is 2.71 bits per heavy atom. The van der Waals surface area contributed by atoms with Crippen LogP contribution in [0.1, 0.15) is 30.1 Å². The third-order valence-corrected chi connectivity index (χ3v) is 3.32. The number of carbonyl (C=O) groups is 3. The number of nitrogens with one attached hydrogen (secondary N) is 1. The van der Waals surface area contributed by atoms with Crippen LogP contribution in [0.4, 0.5) is 10.1 Å². The van der Waals surface area contributed by atoms with Gasteiger partial charge in [0.2, 0.25) is 5.91 Å². The van der Waals surface area contributed by atoms with Crippen molar-refractivity contribution in [3.8, 4) is 0 Å². The van der Waals surface area contributed by atoms with E-state index >= 15 is 0 Å². The van der Waals surface area contributed by atoms with Crippen LogP contribution in [0.15, 0.2) is 18.2 Å². The van der Waals surface area contributed by atoms with Crippen LogP contribution in [0.3, 0.4) is 0 Å². The smallest absolute Gasteiger partial charge is 0.326 e. The van der Waals surface area contributed by atoms with Crippen LogP contribution in [-0.4, -0.2) is 40.4 Å². The van der Waals surface area contributed by atoms with Gasteiger partial charge in [0.05, 0.1) is 5.69 Å². The van der Waals surface area contributed by atoms with Crippen molar-refractivity contribution in [2.24, 2.45) is 0 Å². The fourth-order valence-corrected chi connectivity index (χ4v) is 2.38. The molecule has 1 heterocycles. The third-order valence-electron chi connectivity index (χ3n) is 3.32. The molecule has 0 spiro atoms. The van der Waals surface area contributed by atoms with Crippen molar-refractivity contribution in [2.45, 2.75) is 25.8 Å². The number of aliphatic carboxylic acids is 1. The quantitative estimate of drug-likeness (QED) is 0.884. The van der Waals surface area contributed by atoms with Gasteiger partial charge in [-0.25, -0.2) is 9.18 Å². The van der Waals surface area contributed by atoms with Gasteiger partial charge in [0.1, 0.15) is 11.9 Å². The highest BCUT2D eigenvalue weighted by atomic mass is 19.1. The molecule has 0 bridgehead atoms. The average molecular weight is 294 g/mol. The normalized spacial score (nSPS) is 17.6. The lowest BCUT2D eigenvalue weighted by Gasteiger charge is -2.21. The van der Waals surface area contributed by atoms with E-state index in [0.29, 0.717) is 19.4 Å². The van der Waals surface area contributed by atoms with Crippen molar-refractivity contribution < 1.29 is 23.9 Å². The molecule has 2 amide bonds. The molecular weight excluding hydrogens is 279 g/mol. The number of benzene rings is 1. The maximum Gasteiger partial charge on any atom is 0.326 e. The number of hydrogen-bond donors (Lipinski definition) is 2. The molecule has 1 saturated heterocycles.